The molecule has 0 saturated heterocycles. The van der Waals surface area contributed by atoms with Crippen molar-refractivity contribution >= 4 is 39.1 Å². The predicted molar refractivity (Wildman–Crippen MR) is 145 cm³/mol. The molecule has 2 aromatic rings. The van der Waals surface area contributed by atoms with E-state index in [4.69, 9.17) is 16.3 Å². The van der Waals surface area contributed by atoms with Gasteiger partial charge in [-0.15, -0.1) is 0 Å². The van der Waals surface area contributed by atoms with E-state index in [1.165, 1.54) is 6.20 Å². The Labute approximate surface area is 227 Å². The highest BCUT2D eigenvalue weighted by molar-refractivity contribution is 7.88. The number of anilines is 3. The van der Waals surface area contributed by atoms with Gasteiger partial charge >= 0.3 is 0 Å². The van der Waals surface area contributed by atoms with Crippen molar-refractivity contribution in [3.8, 4) is 5.75 Å². The highest BCUT2D eigenvalue weighted by Gasteiger charge is 2.28. The van der Waals surface area contributed by atoms with Crippen molar-refractivity contribution in [2.75, 3.05) is 30.5 Å². The topological polar surface area (TPSA) is 117 Å². The molecule has 2 aliphatic rings. The first kappa shape index (κ1) is 28.7. The number of sulfonamides is 1. The summed E-state index contributed by atoms with van der Waals surface area (Å²) in [5.41, 5.74) is 2.91. The van der Waals surface area contributed by atoms with Gasteiger partial charge in [0.1, 0.15) is 10.8 Å². The van der Waals surface area contributed by atoms with E-state index in [-0.39, 0.29) is 24.7 Å². The highest BCUT2D eigenvalue weighted by atomic mass is 35.5. The molecule has 0 bridgehead atoms. The number of benzene rings is 1. The van der Waals surface area contributed by atoms with E-state index in [1.807, 2.05) is 12.1 Å². The number of methoxy groups -OCH3 is 1. The Morgan fingerprint density at radius 3 is 2.58 bits per heavy atom. The van der Waals surface area contributed by atoms with Crippen LogP contribution in [0.25, 0.3) is 0 Å². The van der Waals surface area contributed by atoms with Gasteiger partial charge in [-0.2, -0.15) is 4.98 Å². The number of nitrogens with one attached hydrogen (secondary N) is 4. The molecule has 1 saturated carbocycles. The summed E-state index contributed by atoms with van der Waals surface area (Å²) in [6, 6.07) is 3.47. The maximum absolute atomic E-state index is 12.7. The highest BCUT2D eigenvalue weighted by Crippen LogP contribution is 2.37. The van der Waals surface area contributed by atoms with Crippen LogP contribution in [0.2, 0.25) is 5.02 Å². The van der Waals surface area contributed by atoms with Crippen molar-refractivity contribution in [2.24, 2.45) is 0 Å². The van der Waals surface area contributed by atoms with E-state index < -0.39 is 16.4 Å². The van der Waals surface area contributed by atoms with Gasteiger partial charge in [-0.1, -0.05) is 30.5 Å². The van der Waals surface area contributed by atoms with Crippen LogP contribution < -0.4 is 25.4 Å². The van der Waals surface area contributed by atoms with E-state index in [9.17, 15) is 17.2 Å². The molecule has 1 aromatic heterocycles. The maximum atomic E-state index is 12.7. The zero-order chi connectivity index (χ0) is 27.3. The molecule has 38 heavy (non-hydrogen) atoms. The molecule has 0 spiro atoms. The summed E-state index contributed by atoms with van der Waals surface area (Å²) in [5, 5.41) is 9.92. The quantitative estimate of drug-likeness (QED) is 0.312. The van der Waals surface area contributed by atoms with Crippen LogP contribution in [-0.4, -0.2) is 62.8 Å². The number of aromatic nitrogens is 2. The minimum Gasteiger partial charge on any atom is -0.495 e. The van der Waals surface area contributed by atoms with E-state index >= 15 is 0 Å². The van der Waals surface area contributed by atoms with Gasteiger partial charge < -0.3 is 20.7 Å². The van der Waals surface area contributed by atoms with Crippen LogP contribution in [0.3, 0.4) is 0 Å². The number of aryl methyl sites for hydroxylation is 1. The molecular formula is C25H35ClF2N6O3S. The molecule has 13 heteroatoms. The van der Waals surface area contributed by atoms with E-state index in [0.717, 1.165) is 61.6 Å². The number of hydrogen-bond donors (Lipinski definition) is 4. The minimum atomic E-state index is -3.36. The number of alkyl halides is 2. The van der Waals surface area contributed by atoms with Gasteiger partial charge in [0.2, 0.25) is 16.0 Å². The standard InChI is InChI=1S/C25H35ClF2N6O3S/c1-37-21-12-8-15-7-9-16(29-14-22(27)28)10-11-17(15)23(21)32-25-30-13-18(26)24(33-25)31-19-5-3-4-6-20(19)34-38(2,35)36/h8,12-13,16,19-20,22,29,34H,3-7,9-11,14H2,1-2H3,(H2,30,31,32,33)/t16?,19-,20-/m1/s1. The average molecular weight is 573 g/mol. The Morgan fingerprint density at radius 1 is 1.13 bits per heavy atom. The molecule has 4 N–H and O–H groups in total. The van der Waals surface area contributed by atoms with Gasteiger partial charge in [-0.25, -0.2) is 26.9 Å². The zero-order valence-corrected chi connectivity index (χ0v) is 23.1. The normalized spacial score (nSPS) is 22.0. The molecule has 210 valence electrons. The Kier molecular flexibility index (Phi) is 9.61. The molecule has 2 aliphatic carbocycles. The summed E-state index contributed by atoms with van der Waals surface area (Å²) in [4.78, 5) is 8.97. The molecular weight excluding hydrogens is 538 g/mol. The van der Waals surface area contributed by atoms with Crippen LogP contribution in [0, 0.1) is 0 Å². The fourth-order valence-corrected chi connectivity index (χ4v) is 6.26. The Hall–Kier alpha value is -2.28. The van der Waals surface area contributed by atoms with Crippen LogP contribution >= 0.6 is 11.6 Å². The van der Waals surface area contributed by atoms with Crippen LogP contribution in [0.1, 0.15) is 49.7 Å². The van der Waals surface area contributed by atoms with Crippen LogP contribution in [0.5, 0.6) is 5.75 Å². The smallest absolute Gasteiger partial charge is 0.250 e. The second kappa shape index (κ2) is 12.7. The summed E-state index contributed by atoms with van der Waals surface area (Å²) >= 11 is 6.42. The molecule has 0 aliphatic heterocycles. The summed E-state index contributed by atoms with van der Waals surface area (Å²) < 4.78 is 57.5. The summed E-state index contributed by atoms with van der Waals surface area (Å²) in [7, 11) is -1.78. The van der Waals surface area contributed by atoms with Gasteiger partial charge in [0, 0.05) is 18.1 Å². The fourth-order valence-electron chi connectivity index (χ4n) is 5.28. The van der Waals surface area contributed by atoms with Crippen molar-refractivity contribution in [1.29, 1.82) is 0 Å². The molecule has 1 unspecified atom stereocenters. The fraction of sp³-hybridized carbons (Fsp3) is 0.600. The Balaban J connectivity index is 1.55. The van der Waals surface area contributed by atoms with Crippen LogP contribution in [-0.2, 0) is 22.9 Å². The summed E-state index contributed by atoms with van der Waals surface area (Å²) in [6.07, 6.45) is 6.58. The Morgan fingerprint density at radius 2 is 1.87 bits per heavy atom. The molecule has 1 fully saturated rings. The third kappa shape index (κ3) is 7.64. The van der Waals surface area contributed by atoms with Crippen molar-refractivity contribution in [2.45, 2.75) is 75.9 Å². The van der Waals surface area contributed by atoms with Crippen LogP contribution in [0.15, 0.2) is 18.3 Å². The molecule has 1 heterocycles. The minimum absolute atomic E-state index is 0.00168. The molecule has 0 radical (unpaired) electrons. The first-order valence-corrected chi connectivity index (χ1v) is 15.1. The number of hydrogen-bond acceptors (Lipinski definition) is 8. The SMILES string of the molecule is COc1ccc2c(c1Nc1ncc(Cl)c(N[C@@H]3CCCC[C@H]3NS(C)(=O)=O)n1)CCC(NCC(F)F)CC2. The van der Waals surface area contributed by atoms with Gasteiger partial charge in [0.15, 0.2) is 5.82 Å². The van der Waals surface area contributed by atoms with E-state index in [0.29, 0.717) is 35.4 Å². The van der Waals surface area contributed by atoms with E-state index in [2.05, 4.69) is 30.6 Å². The number of halogens is 3. The van der Waals surface area contributed by atoms with E-state index in [1.54, 1.807) is 7.11 Å². The van der Waals surface area contributed by atoms with Crippen molar-refractivity contribution < 1.29 is 21.9 Å². The predicted octanol–water partition coefficient (Wildman–Crippen LogP) is 4.26. The van der Waals surface area contributed by atoms with Crippen molar-refractivity contribution in [1.82, 2.24) is 20.0 Å². The van der Waals surface area contributed by atoms with Crippen molar-refractivity contribution in [3.05, 3.63) is 34.5 Å². The molecule has 9 nitrogen and oxygen atoms in total. The first-order valence-electron chi connectivity index (χ1n) is 12.9. The molecule has 4 rings (SSSR count). The Bertz CT molecular complexity index is 1220. The van der Waals surface area contributed by atoms with Crippen LogP contribution in [0.4, 0.5) is 26.2 Å². The van der Waals surface area contributed by atoms with Gasteiger partial charge in [-0.3, -0.25) is 0 Å². The first-order chi connectivity index (χ1) is 18.1. The lowest BCUT2D eigenvalue weighted by Gasteiger charge is -2.32. The van der Waals surface area contributed by atoms with Crippen molar-refractivity contribution in [3.63, 3.8) is 0 Å². The van der Waals surface area contributed by atoms with Gasteiger partial charge in [-0.05, 0) is 55.7 Å². The van der Waals surface area contributed by atoms with Gasteiger partial charge in [0.05, 0.1) is 31.8 Å². The molecule has 0 amide bonds. The largest absolute Gasteiger partial charge is 0.495 e. The summed E-state index contributed by atoms with van der Waals surface area (Å²) in [5.74, 6) is 1.35. The number of fused-ring (bicyclic) bond motifs is 1. The third-order valence-corrected chi connectivity index (χ3v) is 8.10. The lowest BCUT2D eigenvalue weighted by molar-refractivity contribution is 0.140. The number of nitrogens with zero attached hydrogens (tertiary/aromatic N) is 2. The molecule has 1 aromatic carbocycles. The average Bonchev–Trinajstić information content (AvgIpc) is 3.08. The molecule has 3 atom stereocenters. The lowest BCUT2D eigenvalue weighted by Crippen LogP contribution is -2.48. The third-order valence-electron chi connectivity index (χ3n) is 7.09. The zero-order valence-electron chi connectivity index (χ0n) is 21.6. The second-order valence-corrected chi connectivity index (χ2v) is 12.1. The monoisotopic (exact) mass is 572 g/mol. The number of ether oxygens (including phenoxy) is 1. The maximum Gasteiger partial charge on any atom is 0.250 e. The second-order valence-electron chi connectivity index (χ2n) is 9.90. The summed E-state index contributed by atoms with van der Waals surface area (Å²) in [6.45, 7) is -0.314. The number of rotatable bonds is 10. The lowest BCUT2D eigenvalue weighted by atomic mass is 9.91. The van der Waals surface area contributed by atoms with Gasteiger partial charge in [0.25, 0.3) is 6.43 Å².